The van der Waals surface area contributed by atoms with E-state index in [1.807, 2.05) is 6.20 Å². The van der Waals surface area contributed by atoms with Crippen LogP contribution in [-0.2, 0) is 5.41 Å². The summed E-state index contributed by atoms with van der Waals surface area (Å²) in [6, 6.07) is 46.4. The van der Waals surface area contributed by atoms with Gasteiger partial charge in [0, 0.05) is 59.4 Å². The first-order valence-electron chi connectivity index (χ1n) is 18.5. The van der Waals surface area contributed by atoms with E-state index in [9.17, 15) is 0 Å². The van der Waals surface area contributed by atoms with E-state index in [1.165, 1.54) is 76.8 Å². The second-order valence-electron chi connectivity index (χ2n) is 15.7. The highest BCUT2D eigenvalue weighted by molar-refractivity contribution is 6.09. The summed E-state index contributed by atoms with van der Waals surface area (Å²) in [5, 5.41) is 2.39. The zero-order valence-electron chi connectivity index (χ0n) is 29.6. The maximum Gasteiger partial charge on any atom is 0.225 e. The highest BCUT2D eigenvalue weighted by atomic mass is 16.5. The van der Waals surface area contributed by atoms with Crippen molar-refractivity contribution in [3.8, 4) is 17.3 Å². The monoisotopic (exact) mass is 667 g/mol. The van der Waals surface area contributed by atoms with E-state index in [0.717, 1.165) is 28.4 Å². The van der Waals surface area contributed by atoms with Crippen molar-refractivity contribution in [2.75, 3.05) is 0 Å². The molecule has 5 aromatic carbocycles. The van der Waals surface area contributed by atoms with Gasteiger partial charge in [0.2, 0.25) is 11.4 Å². The van der Waals surface area contributed by atoms with Gasteiger partial charge in [-0.1, -0.05) is 88.6 Å². The van der Waals surface area contributed by atoms with Crippen LogP contribution in [0.5, 0.6) is 11.5 Å². The molecule has 5 heteroatoms. The molecule has 0 N–H and O–H groups in total. The van der Waals surface area contributed by atoms with Crippen LogP contribution in [0.15, 0.2) is 134 Å². The van der Waals surface area contributed by atoms with Crippen LogP contribution in [0.4, 0.5) is 22.7 Å². The van der Waals surface area contributed by atoms with E-state index in [1.54, 1.807) is 0 Å². The van der Waals surface area contributed by atoms with Gasteiger partial charge >= 0.3 is 0 Å². The summed E-state index contributed by atoms with van der Waals surface area (Å²) in [5.41, 5.74) is 10.2. The summed E-state index contributed by atoms with van der Waals surface area (Å²) >= 11 is 0. The van der Waals surface area contributed by atoms with Crippen LogP contribution in [0.25, 0.3) is 27.6 Å². The summed E-state index contributed by atoms with van der Waals surface area (Å²) in [7, 11) is 0. The standard InChI is InChI=1S/C46H43N4O/c1-46(2,3)34-25-26-47-45(28-34)48-41-20-8-7-19-39(41)40-24-23-38(30-42(40)48)51-37-18-12-17-36(29-37)50-31-49(50,43-21-9-10-22-44(43)50)35-16-11-15-33(27-35)32-13-5-4-6-14-32/h7-12,15-32H,4-6,13-14H2,1-3H3/q+1/t49-,50?/m0/s1. The molecule has 3 aliphatic rings. The fourth-order valence-electron chi connectivity index (χ4n) is 9.04. The predicted octanol–water partition coefficient (Wildman–Crippen LogP) is 12.7. The topological polar surface area (TPSA) is 27.1 Å². The average molecular weight is 668 g/mol. The van der Waals surface area contributed by atoms with Crippen molar-refractivity contribution in [1.82, 2.24) is 18.7 Å². The SMILES string of the molecule is CC(C)(C)c1ccnc(-n2c3ccccc3c3ccc(Oc4cccc([N+]56[CH-][N@+]5(c5cccc(C7CCCCC7)c5)c5ccccc56)c4)cc32)c1. The molecule has 1 saturated heterocycles. The Bertz CT molecular complexity index is 2480. The fourth-order valence-corrected chi connectivity index (χ4v) is 9.04. The Hall–Kier alpha value is -5.23. The predicted molar refractivity (Wildman–Crippen MR) is 210 cm³/mol. The molecular formula is C46H43N4O+. The maximum absolute atomic E-state index is 6.73. The Morgan fingerprint density at radius 2 is 1.33 bits per heavy atom. The quantitative estimate of drug-likeness (QED) is 0.100. The van der Waals surface area contributed by atoms with Gasteiger partial charge in [-0.05, 0) is 71.7 Å². The molecule has 0 spiro atoms. The molecule has 7 aromatic rings. The Kier molecular flexibility index (Phi) is 6.68. The van der Waals surface area contributed by atoms with E-state index in [4.69, 9.17) is 9.72 Å². The second kappa shape index (κ2) is 11.1. The molecule has 1 aliphatic carbocycles. The van der Waals surface area contributed by atoms with Gasteiger partial charge in [0.1, 0.15) is 17.3 Å². The Labute approximate surface area is 300 Å². The number of para-hydroxylation sites is 3. The van der Waals surface area contributed by atoms with E-state index in [-0.39, 0.29) is 5.41 Å². The highest BCUT2D eigenvalue weighted by Gasteiger charge is 2.77. The van der Waals surface area contributed by atoms with Crippen molar-refractivity contribution in [2.45, 2.75) is 64.2 Å². The number of benzene rings is 5. The van der Waals surface area contributed by atoms with E-state index >= 15 is 0 Å². The molecule has 2 aromatic heterocycles. The third-order valence-corrected chi connectivity index (χ3v) is 11.7. The number of hydrogen-bond acceptors (Lipinski definition) is 2. The van der Waals surface area contributed by atoms with Crippen molar-refractivity contribution >= 4 is 44.6 Å². The second-order valence-corrected chi connectivity index (χ2v) is 15.7. The van der Waals surface area contributed by atoms with E-state index in [2.05, 4.69) is 159 Å². The van der Waals surface area contributed by atoms with Crippen molar-refractivity contribution in [2.24, 2.45) is 0 Å². The van der Waals surface area contributed by atoms with Crippen LogP contribution in [0.2, 0.25) is 0 Å². The lowest BCUT2D eigenvalue weighted by Gasteiger charge is -2.40. The van der Waals surface area contributed by atoms with Crippen LogP contribution in [-0.4, -0.2) is 9.55 Å². The molecule has 0 bridgehead atoms. The van der Waals surface area contributed by atoms with E-state index in [0.29, 0.717) is 15.1 Å². The highest BCUT2D eigenvalue weighted by Crippen LogP contribution is 2.75. The first-order valence-corrected chi connectivity index (χ1v) is 18.5. The zero-order chi connectivity index (χ0) is 34.4. The maximum atomic E-state index is 6.73. The first kappa shape index (κ1) is 30.6. The minimum atomic E-state index is 0.0160. The first-order chi connectivity index (χ1) is 24.9. The van der Waals surface area contributed by atoms with Crippen molar-refractivity contribution in [3.63, 3.8) is 0 Å². The summed E-state index contributed by atoms with van der Waals surface area (Å²) in [6.45, 7) is 9.20. The fraction of sp³-hybridized carbons (Fsp3) is 0.217. The normalized spacial score (nSPS) is 21.2. The van der Waals surface area contributed by atoms with Gasteiger partial charge in [0.15, 0.2) is 18.0 Å². The summed E-state index contributed by atoms with van der Waals surface area (Å²) in [6.07, 6.45) is 8.58. The lowest BCUT2D eigenvalue weighted by molar-refractivity contribution is 0.421. The smallest absolute Gasteiger partial charge is 0.225 e. The molecule has 1 unspecified atom stereocenters. The average Bonchev–Trinajstić information content (AvgIpc) is 3.66. The number of aromatic nitrogens is 2. The molecule has 5 nitrogen and oxygen atoms in total. The Morgan fingerprint density at radius 1 is 0.647 bits per heavy atom. The van der Waals surface area contributed by atoms with Crippen molar-refractivity contribution in [1.29, 1.82) is 0 Å². The van der Waals surface area contributed by atoms with Gasteiger partial charge in [-0.25, -0.2) is 4.98 Å². The van der Waals surface area contributed by atoms with Crippen LogP contribution in [0.3, 0.4) is 0 Å². The number of ether oxygens (including phenoxy) is 1. The molecule has 4 heterocycles. The molecule has 252 valence electrons. The molecule has 0 radical (unpaired) electrons. The third kappa shape index (κ3) is 4.51. The Balaban J connectivity index is 1.03. The van der Waals surface area contributed by atoms with Gasteiger partial charge in [-0.3, -0.25) is 4.57 Å². The molecule has 2 aliphatic heterocycles. The molecule has 2 fully saturated rings. The van der Waals surface area contributed by atoms with Crippen LogP contribution in [0, 0.1) is 6.67 Å². The van der Waals surface area contributed by atoms with Crippen LogP contribution < -0.4 is 13.9 Å². The minimum Gasteiger partial charge on any atom is -0.457 e. The number of hydrogen-bond donors (Lipinski definition) is 0. The molecule has 2 atom stereocenters. The van der Waals surface area contributed by atoms with Crippen molar-refractivity contribution in [3.05, 3.63) is 151 Å². The van der Waals surface area contributed by atoms with Gasteiger partial charge in [-0.15, -0.1) is 0 Å². The van der Waals surface area contributed by atoms with Gasteiger partial charge in [0.25, 0.3) is 0 Å². The third-order valence-electron chi connectivity index (χ3n) is 11.7. The van der Waals surface area contributed by atoms with Crippen LogP contribution >= 0.6 is 0 Å². The summed E-state index contributed by atoms with van der Waals surface area (Å²) in [5.74, 6) is 3.21. The summed E-state index contributed by atoms with van der Waals surface area (Å²) in [4.78, 5) is 4.86. The lowest BCUT2D eigenvalue weighted by Crippen LogP contribution is -2.46. The molecule has 51 heavy (non-hydrogen) atoms. The van der Waals surface area contributed by atoms with Crippen molar-refractivity contribution < 1.29 is 4.74 Å². The number of fused-ring (bicyclic) bond motifs is 7. The largest absolute Gasteiger partial charge is 0.457 e. The number of quaternary nitrogens is 2. The van der Waals surface area contributed by atoms with E-state index < -0.39 is 0 Å². The number of nitrogens with zero attached hydrogens (tertiary/aromatic N) is 4. The zero-order valence-corrected chi connectivity index (χ0v) is 29.6. The number of rotatable bonds is 6. The lowest BCUT2D eigenvalue weighted by atomic mass is 9.84. The summed E-state index contributed by atoms with van der Waals surface area (Å²) < 4.78 is 10.4. The minimum absolute atomic E-state index is 0.0160. The molecule has 1 saturated carbocycles. The van der Waals surface area contributed by atoms with Crippen LogP contribution in [0.1, 0.15) is 69.9 Å². The molecule has 10 rings (SSSR count). The Morgan fingerprint density at radius 3 is 2.12 bits per heavy atom. The molecular weight excluding hydrogens is 625 g/mol. The van der Waals surface area contributed by atoms with Gasteiger partial charge in [0.05, 0.1) is 11.0 Å². The van der Waals surface area contributed by atoms with Gasteiger partial charge < -0.3 is 4.74 Å². The molecule has 0 amide bonds. The van der Waals surface area contributed by atoms with Gasteiger partial charge in [-0.2, -0.15) is 9.18 Å². The number of pyridine rings is 1.